The van der Waals surface area contributed by atoms with E-state index in [0.29, 0.717) is 0 Å². The molecule has 0 heterocycles. The smallest absolute Gasteiger partial charge is 0.0835 e. The number of hydrogen-bond acceptors (Lipinski definition) is 1. The molecule has 0 spiro atoms. The Balaban J connectivity index is 3.89. The Hall–Kier alpha value is -0.560. The second kappa shape index (κ2) is 5.15. The van der Waals surface area contributed by atoms with E-state index < -0.39 is 0 Å². The summed E-state index contributed by atoms with van der Waals surface area (Å²) >= 11 is 0. The van der Waals surface area contributed by atoms with Crippen molar-refractivity contribution in [1.82, 2.24) is 0 Å². The van der Waals surface area contributed by atoms with Crippen LogP contribution in [0.3, 0.4) is 0 Å². The lowest BCUT2D eigenvalue weighted by Crippen LogP contribution is -2.22. The van der Waals surface area contributed by atoms with Crippen LogP contribution in [0.2, 0.25) is 0 Å². The van der Waals surface area contributed by atoms with Crippen molar-refractivity contribution in [2.24, 2.45) is 0 Å². The van der Waals surface area contributed by atoms with E-state index >= 15 is 0 Å². The number of rotatable bonds is 5. The van der Waals surface area contributed by atoms with Crippen molar-refractivity contribution >= 4 is 0 Å². The van der Waals surface area contributed by atoms with Gasteiger partial charge in [-0.3, -0.25) is 0 Å². The Morgan fingerprint density at radius 3 is 2.42 bits per heavy atom. The quantitative estimate of drug-likeness (QED) is 0.569. The van der Waals surface area contributed by atoms with Gasteiger partial charge in [0.25, 0.3) is 0 Å². The van der Waals surface area contributed by atoms with Crippen molar-refractivity contribution in [1.29, 1.82) is 0 Å². The standard InChI is InChI=1S/C11H19O/c1-6-11(4,12-5)9-7-8-10(2)3/h6,8H,1,5,7,9H2,2-4H3. The van der Waals surface area contributed by atoms with E-state index in [1.807, 2.05) is 6.92 Å². The van der Waals surface area contributed by atoms with Crippen LogP contribution in [0, 0.1) is 7.11 Å². The molecule has 0 aromatic heterocycles. The molecule has 0 amide bonds. The highest BCUT2D eigenvalue weighted by molar-refractivity contribution is 4.99. The Morgan fingerprint density at radius 1 is 1.50 bits per heavy atom. The molecule has 69 valence electrons. The first-order chi connectivity index (χ1) is 5.54. The molecule has 0 aliphatic heterocycles. The molecule has 0 saturated carbocycles. The van der Waals surface area contributed by atoms with Gasteiger partial charge in [0.05, 0.1) is 12.7 Å². The average molecular weight is 167 g/mol. The summed E-state index contributed by atoms with van der Waals surface area (Å²) in [5.74, 6) is 0. The second-order valence-electron chi connectivity index (χ2n) is 3.48. The van der Waals surface area contributed by atoms with Gasteiger partial charge in [0.2, 0.25) is 0 Å². The lowest BCUT2D eigenvalue weighted by Gasteiger charge is -2.22. The Kier molecular flexibility index (Phi) is 4.91. The third-order valence-electron chi connectivity index (χ3n) is 1.95. The highest BCUT2D eigenvalue weighted by atomic mass is 16.5. The van der Waals surface area contributed by atoms with Gasteiger partial charge in [0, 0.05) is 0 Å². The SMILES string of the molecule is [CH2]OC(C)(C=C)CCC=C(C)C. The predicted octanol–water partition coefficient (Wildman–Crippen LogP) is 3.49. The van der Waals surface area contributed by atoms with Gasteiger partial charge in [-0.05, 0) is 33.6 Å². The molecule has 1 atom stereocenters. The molecule has 0 aliphatic rings. The second-order valence-corrected chi connectivity index (χ2v) is 3.48. The van der Waals surface area contributed by atoms with Gasteiger partial charge in [-0.15, -0.1) is 6.58 Å². The first kappa shape index (κ1) is 11.4. The van der Waals surface area contributed by atoms with Crippen LogP contribution in [0.15, 0.2) is 24.3 Å². The maximum absolute atomic E-state index is 5.07. The average Bonchev–Trinajstić information content (AvgIpc) is 2.03. The summed E-state index contributed by atoms with van der Waals surface area (Å²) in [6, 6.07) is 0. The summed E-state index contributed by atoms with van der Waals surface area (Å²) in [6.07, 6.45) is 5.95. The molecule has 1 unspecified atom stereocenters. The minimum absolute atomic E-state index is 0.272. The van der Waals surface area contributed by atoms with E-state index in [1.54, 1.807) is 6.08 Å². The van der Waals surface area contributed by atoms with E-state index in [-0.39, 0.29) is 5.60 Å². The van der Waals surface area contributed by atoms with Crippen LogP contribution >= 0.6 is 0 Å². The highest BCUT2D eigenvalue weighted by Crippen LogP contribution is 2.18. The lowest BCUT2D eigenvalue weighted by molar-refractivity contribution is 0.0732. The Labute approximate surface area is 76.1 Å². The summed E-state index contributed by atoms with van der Waals surface area (Å²) < 4.78 is 5.07. The minimum atomic E-state index is -0.272. The van der Waals surface area contributed by atoms with Crippen LogP contribution in [0.25, 0.3) is 0 Å². The van der Waals surface area contributed by atoms with Crippen molar-refractivity contribution in [2.45, 2.75) is 39.2 Å². The molecule has 1 nitrogen and oxygen atoms in total. The largest absolute Gasteiger partial charge is 0.369 e. The van der Waals surface area contributed by atoms with Crippen LogP contribution in [0.5, 0.6) is 0 Å². The molecule has 1 heteroatoms. The third kappa shape index (κ3) is 4.35. The van der Waals surface area contributed by atoms with Gasteiger partial charge in [0.15, 0.2) is 0 Å². The Bertz CT molecular complexity index is 166. The fourth-order valence-electron chi connectivity index (χ4n) is 0.881. The summed E-state index contributed by atoms with van der Waals surface area (Å²) in [4.78, 5) is 0. The highest BCUT2D eigenvalue weighted by Gasteiger charge is 2.17. The molecule has 0 aliphatic carbocycles. The van der Waals surface area contributed by atoms with Gasteiger partial charge in [-0.1, -0.05) is 17.7 Å². The van der Waals surface area contributed by atoms with E-state index in [0.717, 1.165) is 12.8 Å². The van der Waals surface area contributed by atoms with Crippen molar-refractivity contribution in [3.8, 4) is 0 Å². The third-order valence-corrected chi connectivity index (χ3v) is 1.95. The maximum Gasteiger partial charge on any atom is 0.0835 e. The molecular formula is C11H19O. The summed E-state index contributed by atoms with van der Waals surface area (Å²) in [5.41, 5.74) is 1.07. The van der Waals surface area contributed by atoms with Crippen molar-refractivity contribution in [3.05, 3.63) is 31.4 Å². The van der Waals surface area contributed by atoms with Crippen LogP contribution in [0.1, 0.15) is 33.6 Å². The first-order valence-corrected chi connectivity index (χ1v) is 4.24. The van der Waals surface area contributed by atoms with Crippen molar-refractivity contribution in [3.63, 3.8) is 0 Å². The van der Waals surface area contributed by atoms with Gasteiger partial charge in [-0.25, -0.2) is 0 Å². The lowest BCUT2D eigenvalue weighted by atomic mass is 9.99. The minimum Gasteiger partial charge on any atom is -0.369 e. The van der Waals surface area contributed by atoms with Crippen LogP contribution in [0.4, 0.5) is 0 Å². The molecule has 0 aromatic carbocycles. The molecule has 0 bridgehead atoms. The van der Waals surface area contributed by atoms with E-state index in [4.69, 9.17) is 4.74 Å². The van der Waals surface area contributed by atoms with Crippen LogP contribution in [-0.2, 0) is 4.74 Å². The molecule has 0 fully saturated rings. The molecule has 12 heavy (non-hydrogen) atoms. The monoisotopic (exact) mass is 167 g/mol. The molecule has 0 aromatic rings. The molecular weight excluding hydrogens is 148 g/mol. The van der Waals surface area contributed by atoms with Gasteiger partial charge >= 0.3 is 0 Å². The van der Waals surface area contributed by atoms with Gasteiger partial charge in [-0.2, -0.15) is 0 Å². The normalized spacial score (nSPS) is 15.0. The fraction of sp³-hybridized carbons (Fsp3) is 0.545. The zero-order valence-corrected chi connectivity index (χ0v) is 8.39. The molecule has 1 radical (unpaired) electrons. The van der Waals surface area contributed by atoms with E-state index in [9.17, 15) is 0 Å². The Morgan fingerprint density at radius 2 is 2.08 bits per heavy atom. The molecule has 0 rings (SSSR count). The molecule has 0 saturated heterocycles. The maximum atomic E-state index is 5.07. The van der Waals surface area contributed by atoms with E-state index in [2.05, 4.69) is 33.6 Å². The fourth-order valence-corrected chi connectivity index (χ4v) is 0.881. The zero-order valence-electron chi connectivity index (χ0n) is 8.39. The predicted molar refractivity (Wildman–Crippen MR) is 53.7 cm³/mol. The van der Waals surface area contributed by atoms with Crippen molar-refractivity contribution < 1.29 is 4.74 Å². The molecule has 0 N–H and O–H groups in total. The number of ether oxygens (including phenoxy) is 1. The summed E-state index contributed by atoms with van der Waals surface area (Å²) in [6.45, 7) is 9.89. The first-order valence-electron chi connectivity index (χ1n) is 4.24. The van der Waals surface area contributed by atoms with Crippen LogP contribution < -0.4 is 0 Å². The zero-order chi connectivity index (χ0) is 9.61. The summed E-state index contributed by atoms with van der Waals surface area (Å²) in [5, 5.41) is 0. The number of allylic oxidation sites excluding steroid dienone is 2. The van der Waals surface area contributed by atoms with E-state index in [1.165, 1.54) is 5.57 Å². The van der Waals surface area contributed by atoms with Crippen LogP contribution in [-0.4, -0.2) is 5.60 Å². The number of hydrogen-bond donors (Lipinski definition) is 0. The van der Waals surface area contributed by atoms with Crippen molar-refractivity contribution in [2.75, 3.05) is 0 Å². The van der Waals surface area contributed by atoms with Gasteiger partial charge in [0.1, 0.15) is 0 Å². The summed E-state index contributed by atoms with van der Waals surface area (Å²) in [7, 11) is 3.43. The topological polar surface area (TPSA) is 9.23 Å². The van der Waals surface area contributed by atoms with Gasteiger partial charge < -0.3 is 4.74 Å².